The van der Waals surface area contributed by atoms with Crippen LogP contribution in [0.1, 0.15) is 17.5 Å². The van der Waals surface area contributed by atoms with Crippen molar-refractivity contribution < 1.29 is 17.9 Å². The molecule has 124 valence electrons. The summed E-state index contributed by atoms with van der Waals surface area (Å²) < 4.78 is 29.4. The van der Waals surface area contributed by atoms with Crippen LogP contribution < -0.4 is 5.32 Å². The first-order valence-electron chi connectivity index (χ1n) is 7.05. The minimum Gasteiger partial charge on any atom is -0.383 e. The zero-order valence-corrected chi connectivity index (χ0v) is 14.4. The van der Waals surface area contributed by atoms with Crippen LogP contribution in [0.4, 0.5) is 5.69 Å². The molecule has 0 radical (unpaired) electrons. The average molecular weight is 328 g/mol. The molecule has 0 saturated carbocycles. The summed E-state index contributed by atoms with van der Waals surface area (Å²) in [6.07, 6.45) is 1.23. The van der Waals surface area contributed by atoms with Crippen LogP contribution in [0.2, 0.25) is 0 Å². The van der Waals surface area contributed by atoms with Gasteiger partial charge in [0, 0.05) is 32.3 Å². The Morgan fingerprint density at radius 2 is 1.95 bits per heavy atom. The van der Waals surface area contributed by atoms with Gasteiger partial charge in [0.2, 0.25) is 15.9 Å². The summed E-state index contributed by atoms with van der Waals surface area (Å²) in [4.78, 5) is 12.0. The number of ether oxygens (including phenoxy) is 1. The lowest BCUT2D eigenvalue weighted by Crippen LogP contribution is -2.35. The van der Waals surface area contributed by atoms with Gasteiger partial charge in [0.1, 0.15) is 0 Å². The van der Waals surface area contributed by atoms with Crippen LogP contribution in [-0.2, 0) is 19.6 Å². The highest BCUT2D eigenvalue weighted by Gasteiger charge is 2.17. The molecule has 0 unspecified atom stereocenters. The fourth-order valence-corrected chi connectivity index (χ4v) is 2.78. The number of carbonyl (C=O) groups excluding carboxylic acids is 1. The van der Waals surface area contributed by atoms with Gasteiger partial charge in [-0.05, 0) is 31.0 Å². The van der Waals surface area contributed by atoms with Crippen LogP contribution in [0.25, 0.3) is 0 Å². The summed E-state index contributed by atoms with van der Waals surface area (Å²) in [5.41, 5.74) is 2.78. The number of hydrogen-bond acceptors (Lipinski definition) is 4. The van der Waals surface area contributed by atoms with E-state index in [0.717, 1.165) is 23.1 Å². The zero-order valence-electron chi connectivity index (χ0n) is 13.5. The van der Waals surface area contributed by atoms with Crippen molar-refractivity contribution in [1.82, 2.24) is 4.31 Å². The summed E-state index contributed by atoms with van der Waals surface area (Å²) in [5, 5.41) is 2.82. The van der Waals surface area contributed by atoms with Gasteiger partial charge < -0.3 is 10.1 Å². The predicted molar refractivity (Wildman–Crippen MR) is 87.5 cm³/mol. The Bertz CT molecular complexity index is 614. The van der Waals surface area contributed by atoms with Crippen molar-refractivity contribution in [3.05, 3.63) is 29.3 Å². The molecule has 0 bridgehead atoms. The Morgan fingerprint density at radius 1 is 1.27 bits per heavy atom. The van der Waals surface area contributed by atoms with Crippen LogP contribution in [0.5, 0.6) is 0 Å². The number of rotatable bonds is 8. The number of anilines is 1. The van der Waals surface area contributed by atoms with E-state index in [2.05, 4.69) is 5.32 Å². The highest BCUT2D eigenvalue weighted by Crippen LogP contribution is 2.16. The van der Waals surface area contributed by atoms with Crippen molar-refractivity contribution >= 4 is 21.6 Å². The second kappa shape index (κ2) is 8.26. The first-order chi connectivity index (χ1) is 10.2. The second-order valence-corrected chi connectivity index (χ2v) is 7.25. The average Bonchev–Trinajstić information content (AvgIpc) is 2.41. The number of methoxy groups -OCH3 is 1. The predicted octanol–water partition coefficient (Wildman–Crippen LogP) is 1.54. The molecule has 0 aliphatic heterocycles. The number of sulfonamides is 1. The molecule has 0 spiro atoms. The van der Waals surface area contributed by atoms with Gasteiger partial charge in [-0.1, -0.05) is 12.1 Å². The lowest BCUT2D eigenvalue weighted by atomic mass is 10.1. The molecule has 22 heavy (non-hydrogen) atoms. The monoisotopic (exact) mass is 328 g/mol. The maximum absolute atomic E-state index is 12.0. The molecule has 1 rings (SSSR count). The van der Waals surface area contributed by atoms with Crippen LogP contribution in [0, 0.1) is 13.8 Å². The molecule has 1 aromatic carbocycles. The largest absolute Gasteiger partial charge is 0.383 e. The van der Waals surface area contributed by atoms with E-state index in [9.17, 15) is 13.2 Å². The van der Waals surface area contributed by atoms with E-state index in [1.807, 2.05) is 32.0 Å². The highest BCUT2D eigenvalue weighted by molar-refractivity contribution is 7.88. The summed E-state index contributed by atoms with van der Waals surface area (Å²) in [5.74, 6) is -0.209. The molecule has 6 nitrogen and oxygen atoms in total. The maximum Gasteiger partial charge on any atom is 0.225 e. The third-order valence-electron chi connectivity index (χ3n) is 3.27. The number of nitrogens with one attached hydrogen (secondary N) is 1. The van der Waals surface area contributed by atoms with E-state index >= 15 is 0 Å². The van der Waals surface area contributed by atoms with Crippen molar-refractivity contribution in [2.45, 2.75) is 20.3 Å². The van der Waals surface area contributed by atoms with Crippen LogP contribution in [0.15, 0.2) is 18.2 Å². The van der Waals surface area contributed by atoms with Crippen molar-refractivity contribution in [3.8, 4) is 0 Å². The highest BCUT2D eigenvalue weighted by atomic mass is 32.2. The van der Waals surface area contributed by atoms with E-state index in [4.69, 9.17) is 4.74 Å². The molecule has 0 heterocycles. The number of nitrogens with zero attached hydrogens (tertiary/aromatic N) is 1. The zero-order chi connectivity index (χ0) is 16.8. The summed E-state index contributed by atoms with van der Waals surface area (Å²) in [6.45, 7) is 4.54. The first-order valence-corrected chi connectivity index (χ1v) is 8.90. The quantitative estimate of drug-likeness (QED) is 0.785. The molecule has 0 aromatic heterocycles. The SMILES string of the molecule is COCCN(CCC(=O)Nc1cc(C)ccc1C)S(C)(=O)=O. The minimum absolute atomic E-state index is 0.101. The fourth-order valence-electron chi connectivity index (χ4n) is 1.95. The van der Waals surface area contributed by atoms with Gasteiger partial charge >= 0.3 is 0 Å². The third-order valence-corrected chi connectivity index (χ3v) is 4.57. The number of carbonyl (C=O) groups is 1. The van der Waals surface area contributed by atoms with E-state index in [-0.39, 0.29) is 25.4 Å². The molecule has 0 atom stereocenters. The van der Waals surface area contributed by atoms with Crippen molar-refractivity contribution in [2.24, 2.45) is 0 Å². The Balaban J connectivity index is 2.62. The number of amides is 1. The van der Waals surface area contributed by atoms with Gasteiger partial charge in [0.25, 0.3) is 0 Å². The standard InChI is InChI=1S/C15H24N2O4S/c1-12-5-6-13(2)14(11-12)16-15(18)7-8-17(9-10-21-3)22(4,19)20/h5-6,11H,7-10H2,1-4H3,(H,16,18). The summed E-state index contributed by atoms with van der Waals surface area (Å²) >= 11 is 0. The molecule has 0 aliphatic carbocycles. The summed E-state index contributed by atoms with van der Waals surface area (Å²) in [6, 6.07) is 5.81. The summed E-state index contributed by atoms with van der Waals surface area (Å²) in [7, 11) is -1.84. The van der Waals surface area contributed by atoms with Gasteiger partial charge in [0.15, 0.2) is 0 Å². The number of benzene rings is 1. The Labute approximate surface area is 132 Å². The topological polar surface area (TPSA) is 75.7 Å². The van der Waals surface area contributed by atoms with Crippen molar-refractivity contribution in [3.63, 3.8) is 0 Å². The van der Waals surface area contributed by atoms with Gasteiger partial charge in [-0.3, -0.25) is 4.79 Å². The second-order valence-electron chi connectivity index (χ2n) is 5.27. The molecule has 1 amide bonds. The fraction of sp³-hybridized carbons (Fsp3) is 0.533. The first kappa shape index (κ1) is 18.6. The molecule has 1 N–H and O–H groups in total. The molecule has 0 aliphatic rings. The lowest BCUT2D eigenvalue weighted by molar-refractivity contribution is -0.116. The van der Waals surface area contributed by atoms with Crippen molar-refractivity contribution in [1.29, 1.82) is 0 Å². The van der Waals surface area contributed by atoms with Gasteiger partial charge in [-0.25, -0.2) is 8.42 Å². The number of hydrogen-bond donors (Lipinski definition) is 1. The normalized spacial score (nSPS) is 11.7. The molecular weight excluding hydrogens is 304 g/mol. The Morgan fingerprint density at radius 3 is 2.55 bits per heavy atom. The van der Waals surface area contributed by atoms with E-state index in [1.165, 1.54) is 11.4 Å². The molecule has 7 heteroatoms. The Kier molecular flexibility index (Phi) is 6.99. The van der Waals surface area contributed by atoms with Gasteiger partial charge in [-0.2, -0.15) is 4.31 Å². The molecule has 1 aromatic rings. The molecule has 0 saturated heterocycles. The maximum atomic E-state index is 12.0. The molecule has 0 fully saturated rings. The van der Waals surface area contributed by atoms with E-state index < -0.39 is 10.0 Å². The smallest absolute Gasteiger partial charge is 0.225 e. The van der Waals surface area contributed by atoms with Crippen molar-refractivity contribution in [2.75, 3.05) is 38.4 Å². The lowest BCUT2D eigenvalue weighted by Gasteiger charge is -2.19. The minimum atomic E-state index is -3.35. The number of aryl methyl sites for hydroxylation is 2. The van der Waals surface area contributed by atoms with Gasteiger partial charge in [-0.15, -0.1) is 0 Å². The van der Waals surface area contributed by atoms with Gasteiger partial charge in [0.05, 0.1) is 12.9 Å². The van der Waals surface area contributed by atoms with E-state index in [0.29, 0.717) is 6.61 Å². The molecular formula is C15H24N2O4S. The van der Waals surface area contributed by atoms with Crippen LogP contribution in [0.3, 0.4) is 0 Å². The van der Waals surface area contributed by atoms with E-state index in [1.54, 1.807) is 0 Å². The third kappa shape index (κ3) is 6.13. The van der Waals surface area contributed by atoms with Crippen LogP contribution in [-0.4, -0.2) is 51.7 Å². The Hall–Kier alpha value is -1.44. The van der Waals surface area contributed by atoms with Crippen LogP contribution >= 0.6 is 0 Å².